The Morgan fingerprint density at radius 3 is 2.54 bits per heavy atom. The number of imide groups is 1. The van der Waals surface area contributed by atoms with E-state index in [2.05, 4.69) is 20.9 Å². The van der Waals surface area contributed by atoms with Crippen LogP contribution in [0.5, 0.6) is 0 Å². The predicted molar refractivity (Wildman–Crippen MR) is 155 cm³/mol. The molecule has 4 N–H and O–H groups in total. The highest BCUT2D eigenvalue weighted by molar-refractivity contribution is 6.26. The molecule has 2 saturated heterocycles. The summed E-state index contributed by atoms with van der Waals surface area (Å²) < 4.78 is 0. The third-order valence-corrected chi connectivity index (χ3v) is 8.75. The minimum Gasteiger partial charge on any atom is -0.361 e. The summed E-state index contributed by atoms with van der Waals surface area (Å²) in [5.41, 5.74) is 4.00. The normalized spacial score (nSPS) is 24.7. The molecule has 0 unspecified atom stereocenters. The molecule has 206 valence electrons. The van der Waals surface area contributed by atoms with Crippen molar-refractivity contribution in [3.63, 3.8) is 0 Å². The molecule has 9 nitrogen and oxygen atoms in total. The number of para-hydroxylation sites is 1. The lowest BCUT2D eigenvalue weighted by atomic mass is 9.76. The number of hydrogen-bond donors (Lipinski definition) is 4. The highest BCUT2D eigenvalue weighted by Crippen LogP contribution is 2.54. The van der Waals surface area contributed by atoms with Crippen molar-refractivity contribution in [2.75, 3.05) is 15.5 Å². The second-order valence-corrected chi connectivity index (χ2v) is 11.1. The van der Waals surface area contributed by atoms with E-state index in [-0.39, 0.29) is 17.7 Å². The molecule has 3 aromatic carbocycles. The SMILES string of the molecule is CCc1ccc2c(c1)[C@]1(N[C@H](Cc3c[nH]c4ccccc34)[C@H]3C(=O)N(c4ccc(NC(C)=O)cc4)C(=O)[C@H]31)C(=O)N2. The van der Waals surface area contributed by atoms with Gasteiger partial charge in [0.25, 0.3) is 0 Å². The van der Waals surface area contributed by atoms with Crippen LogP contribution in [0.2, 0.25) is 0 Å². The average Bonchev–Trinajstić information content (AvgIpc) is 3.67. The molecule has 0 bridgehead atoms. The number of benzene rings is 3. The third-order valence-electron chi connectivity index (χ3n) is 8.75. The standard InChI is InChI=1S/C32H29N5O4/c1-3-18-8-13-25-23(14-18)32(31(41)35-25)28-27(26(36-32)15-19-16-33-24-7-5-4-6-22(19)24)29(39)37(30(28)40)21-11-9-20(10-12-21)34-17(2)38/h4-14,16,26-28,33,36H,3,15H2,1-2H3,(H,34,38)(H,35,41)/t26-,27-,28+,32-/m1/s1. The van der Waals surface area contributed by atoms with E-state index >= 15 is 0 Å². The maximum absolute atomic E-state index is 14.3. The average molecular weight is 548 g/mol. The number of rotatable bonds is 5. The molecule has 9 heteroatoms. The van der Waals surface area contributed by atoms with Crippen LogP contribution >= 0.6 is 0 Å². The third kappa shape index (κ3) is 3.65. The van der Waals surface area contributed by atoms with Gasteiger partial charge in [-0.3, -0.25) is 24.5 Å². The number of carbonyl (C=O) groups excluding carboxylic acids is 4. The second kappa shape index (κ2) is 9.14. The number of aromatic amines is 1. The van der Waals surface area contributed by atoms with Gasteiger partial charge >= 0.3 is 0 Å². The summed E-state index contributed by atoms with van der Waals surface area (Å²) in [6.07, 6.45) is 3.16. The number of amides is 4. The highest BCUT2D eigenvalue weighted by Gasteiger charge is 2.70. The number of carbonyl (C=O) groups is 4. The summed E-state index contributed by atoms with van der Waals surface area (Å²) in [6.45, 7) is 3.46. The number of hydrogen-bond acceptors (Lipinski definition) is 5. The number of nitrogens with one attached hydrogen (secondary N) is 4. The van der Waals surface area contributed by atoms with E-state index in [0.29, 0.717) is 29.0 Å². The van der Waals surface area contributed by atoms with E-state index in [9.17, 15) is 19.2 Å². The fraction of sp³-hybridized carbons (Fsp3) is 0.250. The number of fused-ring (bicyclic) bond motifs is 5. The molecule has 4 amide bonds. The van der Waals surface area contributed by atoms with Crippen molar-refractivity contribution in [3.05, 3.63) is 89.6 Å². The summed E-state index contributed by atoms with van der Waals surface area (Å²) in [5.74, 6) is -2.96. The second-order valence-electron chi connectivity index (χ2n) is 11.1. The van der Waals surface area contributed by atoms with E-state index in [1.807, 2.05) is 55.6 Å². The van der Waals surface area contributed by atoms with Gasteiger partial charge in [0.05, 0.1) is 17.5 Å². The molecule has 0 aliphatic carbocycles. The number of nitrogens with zero attached hydrogens (tertiary/aromatic N) is 1. The van der Waals surface area contributed by atoms with Crippen molar-refractivity contribution in [1.82, 2.24) is 10.3 Å². The van der Waals surface area contributed by atoms with Gasteiger partial charge in [-0.25, -0.2) is 4.90 Å². The Morgan fingerprint density at radius 1 is 1.00 bits per heavy atom. The summed E-state index contributed by atoms with van der Waals surface area (Å²) in [7, 11) is 0. The number of aryl methyl sites for hydroxylation is 1. The van der Waals surface area contributed by atoms with Gasteiger partial charge in [0, 0.05) is 47.0 Å². The van der Waals surface area contributed by atoms with Crippen molar-refractivity contribution in [2.45, 2.75) is 38.3 Å². The quantitative estimate of drug-likeness (QED) is 0.283. The first-order valence-corrected chi connectivity index (χ1v) is 13.8. The Balaban J connectivity index is 1.34. The lowest BCUT2D eigenvalue weighted by molar-refractivity contribution is -0.130. The molecule has 4 aromatic rings. The molecule has 41 heavy (non-hydrogen) atoms. The van der Waals surface area contributed by atoms with Gasteiger partial charge in [0.15, 0.2) is 0 Å². The first kappa shape index (κ1) is 25.2. The molecule has 3 aliphatic heterocycles. The van der Waals surface area contributed by atoms with Crippen molar-refractivity contribution in [3.8, 4) is 0 Å². The Morgan fingerprint density at radius 2 is 1.78 bits per heavy atom. The van der Waals surface area contributed by atoms with E-state index in [4.69, 9.17) is 0 Å². The number of anilines is 3. The van der Waals surface area contributed by atoms with Crippen molar-refractivity contribution < 1.29 is 19.2 Å². The number of H-pyrrole nitrogens is 1. The van der Waals surface area contributed by atoms with E-state index in [0.717, 1.165) is 28.5 Å². The molecule has 1 spiro atoms. The van der Waals surface area contributed by atoms with Crippen LogP contribution in [0, 0.1) is 11.8 Å². The first-order valence-electron chi connectivity index (χ1n) is 13.8. The van der Waals surface area contributed by atoms with Gasteiger partial charge in [0.2, 0.25) is 23.6 Å². The Kier molecular flexibility index (Phi) is 5.62. The van der Waals surface area contributed by atoms with Crippen LogP contribution in [0.1, 0.15) is 30.5 Å². The van der Waals surface area contributed by atoms with Crippen LogP contribution in [-0.2, 0) is 37.6 Å². The molecule has 1 aromatic heterocycles. The van der Waals surface area contributed by atoms with Gasteiger partial charge in [-0.05, 0) is 60.4 Å². The fourth-order valence-corrected chi connectivity index (χ4v) is 6.93. The molecule has 4 atom stereocenters. The highest BCUT2D eigenvalue weighted by atomic mass is 16.2. The summed E-state index contributed by atoms with van der Waals surface area (Å²) in [6, 6.07) is 19.9. The summed E-state index contributed by atoms with van der Waals surface area (Å²) >= 11 is 0. The molecule has 4 heterocycles. The van der Waals surface area contributed by atoms with Crippen molar-refractivity contribution in [1.29, 1.82) is 0 Å². The van der Waals surface area contributed by atoms with Crippen LogP contribution in [0.15, 0.2) is 72.9 Å². The Hall–Kier alpha value is -4.76. The minimum atomic E-state index is -1.38. The van der Waals surface area contributed by atoms with Crippen LogP contribution < -0.4 is 20.9 Å². The van der Waals surface area contributed by atoms with Crippen LogP contribution in [0.4, 0.5) is 17.1 Å². The zero-order valence-corrected chi connectivity index (χ0v) is 22.7. The fourth-order valence-electron chi connectivity index (χ4n) is 6.93. The van der Waals surface area contributed by atoms with Gasteiger partial charge in [-0.1, -0.05) is 37.3 Å². The molecular weight excluding hydrogens is 518 g/mol. The smallest absolute Gasteiger partial charge is 0.250 e. The van der Waals surface area contributed by atoms with Crippen molar-refractivity contribution >= 4 is 51.6 Å². The largest absolute Gasteiger partial charge is 0.361 e. The summed E-state index contributed by atoms with van der Waals surface area (Å²) in [5, 5.41) is 10.3. The van der Waals surface area contributed by atoms with E-state index in [1.54, 1.807) is 24.3 Å². The molecule has 7 rings (SSSR count). The predicted octanol–water partition coefficient (Wildman–Crippen LogP) is 3.86. The molecule has 0 saturated carbocycles. The van der Waals surface area contributed by atoms with Gasteiger partial charge in [0.1, 0.15) is 5.54 Å². The molecule has 0 radical (unpaired) electrons. The Bertz CT molecular complexity index is 1760. The van der Waals surface area contributed by atoms with Crippen molar-refractivity contribution in [2.24, 2.45) is 11.8 Å². The van der Waals surface area contributed by atoms with E-state index in [1.165, 1.54) is 11.8 Å². The van der Waals surface area contributed by atoms with E-state index < -0.39 is 29.3 Å². The molecule has 2 fully saturated rings. The van der Waals surface area contributed by atoms with Crippen LogP contribution in [0.25, 0.3) is 10.9 Å². The van der Waals surface area contributed by atoms with Crippen LogP contribution in [-0.4, -0.2) is 34.7 Å². The molecular formula is C32H29N5O4. The molecule has 3 aliphatic rings. The zero-order chi connectivity index (χ0) is 28.5. The number of aromatic nitrogens is 1. The lowest BCUT2D eigenvalue weighted by Gasteiger charge is -2.30. The monoisotopic (exact) mass is 547 g/mol. The maximum atomic E-state index is 14.3. The van der Waals surface area contributed by atoms with Gasteiger partial charge in [-0.15, -0.1) is 0 Å². The van der Waals surface area contributed by atoms with Gasteiger partial charge in [-0.2, -0.15) is 0 Å². The topological polar surface area (TPSA) is 123 Å². The zero-order valence-electron chi connectivity index (χ0n) is 22.7. The lowest BCUT2D eigenvalue weighted by Crippen LogP contribution is -2.53. The van der Waals surface area contributed by atoms with Crippen LogP contribution in [0.3, 0.4) is 0 Å². The van der Waals surface area contributed by atoms with Gasteiger partial charge < -0.3 is 15.6 Å². The Labute approximate surface area is 236 Å². The minimum absolute atomic E-state index is 0.217. The maximum Gasteiger partial charge on any atom is 0.250 e. The summed E-state index contributed by atoms with van der Waals surface area (Å²) in [4.78, 5) is 58.4. The first-order chi connectivity index (χ1) is 19.8.